The van der Waals surface area contributed by atoms with E-state index in [9.17, 15) is 14.4 Å². The maximum atomic E-state index is 12.1. The summed E-state index contributed by atoms with van der Waals surface area (Å²) in [5.74, 6) is -1.42. The van der Waals surface area contributed by atoms with Gasteiger partial charge in [-0.3, -0.25) is 14.4 Å². The van der Waals surface area contributed by atoms with Gasteiger partial charge in [0.25, 0.3) is 0 Å². The van der Waals surface area contributed by atoms with Crippen molar-refractivity contribution in [3.63, 3.8) is 0 Å². The normalized spacial score (nSPS) is 12.7. The smallest absolute Gasteiger partial charge is 0.305 e. The first-order valence-electron chi connectivity index (χ1n) is 6.41. The van der Waals surface area contributed by atoms with E-state index in [1.165, 1.54) is 4.90 Å². The molecule has 0 aromatic heterocycles. The monoisotopic (exact) mass is 272 g/mol. The van der Waals surface area contributed by atoms with E-state index in [4.69, 9.17) is 5.11 Å². The third kappa shape index (κ3) is 6.22. The fourth-order valence-corrected chi connectivity index (χ4v) is 1.40. The van der Waals surface area contributed by atoms with Gasteiger partial charge in [-0.05, 0) is 13.8 Å². The average molecular weight is 272 g/mol. The highest BCUT2D eigenvalue weighted by Crippen LogP contribution is 2.13. The number of carboxylic acids is 1. The standard InChI is InChI=1S/C13H24N2O4/c1-6-15(8-7-10(16)17)11(18)9(2)14-12(19)13(3,4)5/h9H,6-8H2,1-5H3,(H,14,19)(H,16,17). The zero-order valence-electron chi connectivity index (χ0n) is 12.3. The predicted octanol–water partition coefficient (Wildman–Crippen LogP) is 0.860. The number of amides is 2. The van der Waals surface area contributed by atoms with E-state index in [0.717, 1.165) is 0 Å². The van der Waals surface area contributed by atoms with Crippen molar-refractivity contribution in [1.29, 1.82) is 0 Å². The Morgan fingerprint density at radius 1 is 1.26 bits per heavy atom. The molecule has 2 N–H and O–H groups in total. The van der Waals surface area contributed by atoms with Gasteiger partial charge in [0.1, 0.15) is 6.04 Å². The van der Waals surface area contributed by atoms with Gasteiger partial charge >= 0.3 is 5.97 Å². The van der Waals surface area contributed by atoms with Crippen LogP contribution in [0.2, 0.25) is 0 Å². The van der Waals surface area contributed by atoms with E-state index < -0.39 is 17.4 Å². The summed E-state index contributed by atoms with van der Waals surface area (Å²) < 4.78 is 0. The van der Waals surface area contributed by atoms with Crippen LogP contribution in [0.25, 0.3) is 0 Å². The van der Waals surface area contributed by atoms with Gasteiger partial charge in [-0.2, -0.15) is 0 Å². The Hall–Kier alpha value is -1.59. The number of carboxylic acid groups (broad SMARTS) is 1. The van der Waals surface area contributed by atoms with Crippen molar-refractivity contribution in [1.82, 2.24) is 10.2 Å². The van der Waals surface area contributed by atoms with Crippen molar-refractivity contribution in [2.24, 2.45) is 5.41 Å². The minimum atomic E-state index is -0.947. The molecule has 1 unspecified atom stereocenters. The van der Waals surface area contributed by atoms with E-state index in [-0.39, 0.29) is 24.8 Å². The summed E-state index contributed by atoms with van der Waals surface area (Å²) in [6.07, 6.45) is -0.0977. The van der Waals surface area contributed by atoms with Gasteiger partial charge in [0.05, 0.1) is 6.42 Å². The lowest BCUT2D eigenvalue weighted by Gasteiger charge is -2.26. The van der Waals surface area contributed by atoms with Gasteiger partial charge in [0, 0.05) is 18.5 Å². The lowest BCUT2D eigenvalue weighted by atomic mass is 9.95. The Balaban J connectivity index is 4.52. The second-order valence-electron chi connectivity index (χ2n) is 5.51. The van der Waals surface area contributed by atoms with Crippen molar-refractivity contribution in [2.75, 3.05) is 13.1 Å². The number of hydrogen-bond acceptors (Lipinski definition) is 3. The van der Waals surface area contributed by atoms with E-state index in [1.807, 2.05) is 0 Å². The van der Waals surface area contributed by atoms with Crippen molar-refractivity contribution < 1.29 is 19.5 Å². The molecule has 0 aliphatic rings. The Kier molecular flexibility index (Phi) is 6.52. The topological polar surface area (TPSA) is 86.7 Å². The van der Waals surface area contributed by atoms with Crippen LogP contribution < -0.4 is 5.32 Å². The van der Waals surface area contributed by atoms with Gasteiger partial charge in [0.2, 0.25) is 11.8 Å². The average Bonchev–Trinajstić information content (AvgIpc) is 2.27. The number of nitrogens with one attached hydrogen (secondary N) is 1. The summed E-state index contributed by atoms with van der Waals surface area (Å²) in [6, 6.07) is -0.652. The molecular formula is C13H24N2O4. The highest BCUT2D eigenvalue weighted by atomic mass is 16.4. The Labute approximate surface area is 114 Å². The molecule has 19 heavy (non-hydrogen) atoms. The minimum Gasteiger partial charge on any atom is -0.481 e. The molecule has 0 aromatic rings. The summed E-state index contributed by atoms with van der Waals surface area (Å²) in [5.41, 5.74) is -0.563. The van der Waals surface area contributed by atoms with Crippen LogP contribution in [0.1, 0.15) is 41.0 Å². The predicted molar refractivity (Wildman–Crippen MR) is 71.6 cm³/mol. The van der Waals surface area contributed by atoms with Gasteiger partial charge in [0.15, 0.2) is 0 Å². The molecule has 0 aliphatic heterocycles. The summed E-state index contributed by atoms with van der Waals surface area (Å²) in [4.78, 5) is 35.8. The molecule has 0 heterocycles. The van der Waals surface area contributed by atoms with Crippen molar-refractivity contribution in [3.05, 3.63) is 0 Å². The third-order valence-corrected chi connectivity index (χ3v) is 2.69. The number of carbonyl (C=O) groups excluding carboxylic acids is 2. The van der Waals surface area contributed by atoms with Crippen LogP contribution in [0.5, 0.6) is 0 Å². The number of aliphatic carboxylic acids is 1. The van der Waals surface area contributed by atoms with Gasteiger partial charge < -0.3 is 15.3 Å². The minimum absolute atomic E-state index is 0.0977. The second-order valence-corrected chi connectivity index (χ2v) is 5.51. The van der Waals surface area contributed by atoms with E-state index >= 15 is 0 Å². The highest BCUT2D eigenvalue weighted by molar-refractivity contribution is 5.89. The zero-order chi connectivity index (χ0) is 15.2. The quantitative estimate of drug-likeness (QED) is 0.751. The SMILES string of the molecule is CCN(CCC(=O)O)C(=O)C(C)NC(=O)C(C)(C)C. The first kappa shape index (κ1) is 17.4. The van der Waals surface area contributed by atoms with Crippen LogP contribution in [-0.2, 0) is 14.4 Å². The summed E-state index contributed by atoms with van der Waals surface area (Å²) in [5, 5.41) is 11.3. The van der Waals surface area contributed by atoms with Gasteiger partial charge in [-0.1, -0.05) is 20.8 Å². The Morgan fingerprint density at radius 2 is 1.79 bits per heavy atom. The van der Waals surface area contributed by atoms with E-state index in [2.05, 4.69) is 5.32 Å². The number of nitrogens with zero attached hydrogens (tertiary/aromatic N) is 1. The van der Waals surface area contributed by atoms with Crippen molar-refractivity contribution in [3.8, 4) is 0 Å². The Bertz CT molecular complexity index is 347. The zero-order valence-corrected chi connectivity index (χ0v) is 12.3. The first-order valence-corrected chi connectivity index (χ1v) is 6.41. The highest BCUT2D eigenvalue weighted by Gasteiger charge is 2.27. The molecular weight excluding hydrogens is 248 g/mol. The molecule has 1 atom stereocenters. The van der Waals surface area contributed by atoms with E-state index in [1.54, 1.807) is 34.6 Å². The largest absolute Gasteiger partial charge is 0.481 e. The molecule has 0 rings (SSSR count). The fraction of sp³-hybridized carbons (Fsp3) is 0.769. The molecule has 0 saturated carbocycles. The molecule has 0 aliphatic carbocycles. The number of carbonyl (C=O) groups is 3. The lowest BCUT2D eigenvalue weighted by Crippen LogP contribution is -2.50. The molecule has 0 fully saturated rings. The van der Waals surface area contributed by atoms with Crippen LogP contribution in [0.15, 0.2) is 0 Å². The van der Waals surface area contributed by atoms with Crippen LogP contribution in [0.4, 0.5) is 0 Å². The first-order chi connectivity index (χ1) is 8.59. The maximum absolute atomic E-state index is 12.1. The second kappa shape index (κ2) is 7.11. The molecule has 0 saturated heterocycles. The molecule has 2 amide bonds. The van der Waals surface area contributed by atoms with Crippen LogP contribution in [0, 0.1) is 5.41 Å². The summed E-state index contributed by atoms with van der Waals surface area (Å²) in [6.45, 7) is 9.25. The number of hydrogen-bond donors (Lipinski definition) is 2. The lowest BCUT2D eigenvalue weighted by molar-refractivity contribution is -0.140. The molecule has 0 aromatic carbocycles. The number of rotatable bonds is 6. The van der Waals surface area contributed by atoms with Gasteiger partial charge in [-0.25, -0.2) is 0 Å². The molecule has 6 nitrogen and oxygen atoms in total. The molecule has 110 valence electrons. The maximum Gasteiger partial charge on any atom is 0.305 e. The van der Waals surface area contributed by atoms with E-state index in [0.29, 0.717) is 6.54 Å². The Morgan fingerprint density at radius 3 is 2.16 bits per heavy atom. The summed E-state index contributed by atoms with van der Waals surface area (Å²) in [7, 11) is 0. The van der Waals surface area contributed by atoms with Crippen LogP contribution in [0.3, 0.4) is 0 Å². The summed E-state index contributed by atoms with van der Waals surface area (Å²) >= 11 is 0. The van der Waals surface area contributed by atoms with Gasteiger partial charge in [-0.15, -0.1) is 0 Å². The molecule has 6 heteroatoms. The van der Waals surface area contributed by atoms with Crippen LogP contribution in [-0.4, -0.2) is 46.9 Å². The molecule has 0 bridgehead atoms. The fourth-order valence-electron chi connectivity index (χ4n) is 1.40. The molecule has 0 spiro atoms. The third-order valence-electron chi connectivity index (χ3n) is 2.69. The molecule has 0 radical (unpaired) electrons. The van der Waals surface area contributed by atoms with Crippen molar-refractivity contribution in [2.45, 2.75) is 47.1 Å². The van der Waals surface area contributed by atoms with Crippen molar-refractivity contribution >= 4 is 17.8 Å². The van der Waals surface area contributed by atoms with Crippen LogP contribution >= 0.6 is 0 Å². The number of likely N-dealkylation sites (N-methyl/N-ethyl adjacent to an activating group) is 1.